The maximum atomic E-state index is 12.4. The van der Waals surface area contributed by atoms with Crippen molar-refractivity contribution in [2.24, 2.45) is 0 Å². The zero-order chi connectivity index (χ0) is 19.0. The van der Waals surface area contributed by atoms with Gasteiger partial charge >= 0.3 is 0 Å². The van der Waals surface area contributed by atoms with Crippen molar-refractivity contribution < 1.29 is 14.5 Å². The van der Waals surface area contributed by atoms with Crippen molar-refractivity contribution >= 4 is 34.8 Å². The molecule has 1 amide bonds. The Morgan fingerprint density at radius 3 is 2.35 bits per heavy atom. The highest BCUT2D eigenvalue weighted by atomic mass is 32.2. The van der Waals surface area contributed by atoms with Crippen molar-refractivity contribution in [3.63, 3.8) is 0 Å². The van der Waals surface area contributed by atoms with Crippen LogP contribution in [-0.4, -0.2) is 31.5 Å². The molecule has 0 bridgehead atoms. The minimum absolute atomic E-state index is 0.0733. The Bertz CT molecular complexity index is 948. The molecule has 0 aliphatic carbocycles. The number of benzene rings is 1. The molecule has 0 fully saturated rings. The summed E-state index contributed by atoms with van der Waals surface area (Å²) in [7, 11) is 0. The summed E-state index contributed by atoms with van der Waals surface area (Å²) in [6.45, 7) is 4.66. The molecule has 2 aromatic rings. The van der Waals surface area contributed by atoms with Crippen LogP contribution in [0.15, 0.2) is 34.3 Å². The van der Waals surface area contributed by atoms with Crippen LogP contribution in [0.3, 0.4) is 0 Å². The van der Waals surface area contributed by atoms with Gasteiger partial charge in [-0.25, -0.2) is 9.69 Å². The van der Waals surface area contributed by atoms with Crippen LogP contribution in [0.25, 0.3) is 5.70 Å². The van der Waals surface area contributed by atoms with Gasteiger partial charge in [-0.3, -0.25) is 19.7 Å². The molecule has 0 radical (unpaired) electrons. The average Bonchev–Trinajstić information content (AvgIpc) is 3.02. The van der Waals surface area contributed by atoms with E-state index < -0.39 is 4.92 Å². The van der Waals surface area contributed by atoms with E-state index in [4.69, 9.17) is 0 Å². The number of ketones is 1. The number of thioether (sulfide) groups is 1. The molecule has 9 nitrogen and oxygen atoms in total. The lowest BCUT2D eigenvalue weighted by molar-refractivity contribution is -0.384. The lowest BCUT2D eigenvalue weighted by Gasteiger charge is -2.32. The van der Waals surface area contributed by atoms with Crippen LogP contribution in [0.4, 0.5) is 5.69 Å². The molecule has 0 spiro atoms. The van der Waals surface area contributed by atoms with Crippen molar-refractivity contribution in [2.45, 2.75) is 32.3 Å². The number of hydrogen-bond donors (Lipinski definition) is 0. The van der Waals surface area contributed by atoms with Gasteiger partial charge in [0.2, 0.25) is 11.1 Å². The second-order valence-electron chi connectivity index (χ2n) is 5.53. The Kier molecular flexibility index (Phi) is 4.60. The van der Waals surface area contributed by atoms with Gasteiger partial charge < -0.3 is 0 Å². The molecule has 10 heteroatoms. The number of non-ortho nitro benzene ring substituents is 1. The fourth-order valence-corrected chi connectivity index (χ4v) is 3.63. The van der Waals surface area contributed by atoms with E-state index in [1.165, 1.54) is 43.1 Å². The standard InChI is InChI=1S/C16H15N5O4S/c1-4-13-17-18-16-20(13)19(10(3)23)14(15(26-16)9(2)22)11-5-7-12(8-6-11)21(24)25/h5-8H,4H2,1-3H3. The first kappa shape index (κ1) is 17.8. The van der Waals surface area contributed by atoms with Gasteiger partial charge in [0.25, 0.3) is 5.69 Å². The van der Waals surface area contributed by atoms with E-state index in [-0.39, 0.29) is 17.4 Å². The number of amides is 1. The molecule has 1 aliphatic heterocycles. The maximum absolute atomic E-state index is 12.4. The molecule has 134 valence electrons. The molecule has 1 aromatic carbocycles. The second-order valence-corrected chi connectivity index (χ2v) is 6.51. The number of carbonyl (C=O) groups excluding carboxylic acids is 2. The molecule has 26 heavy (non-hydrogen) atoms. The number of carbonyl (C=O) groups is 2. The molecule has 0 atom stereocenters. The summed E-state index contributed by atoms with van der Waals surface area (Å²) in [5, 5.41) is 20.8. The smallest absolute Gasteiger partial charge is 0.269 e. The summed E-state index contributed by atoms with van der Waals surface area (Å²) in [4.78, 5) is 35.4. The third-order valence-electron chi connectivity index (χ3n) is 3.78. The van der Waals surface area contributed by atoms with Crippen LogP contribution < -0.4 is 5.01 Å². The largest absolute Gasteiger partial charge is 0.294 e. The van der Waals surface area contributed by atoms with Crippen LogP contribution >= 0.6 is 11.8 Å². The molecule has 0 unspecified atom stereocenters. The van der Waals surface area contributed by atoms with Crippen LogP contribution in [0, 0.1) is 10.1 Å². The van der Waals surface area contributed by atoms with Crippen molar-refractivity contribution in [1.29, 1.82) is 0 Å². The summed E-state index contributed by atoms with van der Waals surface area (Å²) >= 11 is 1.13. The fraction of sp³-hybridized carbons (Fsp3) is 0.250. The Morgan fingerprint density at radius 1 is 1.19 bits per heavy atom. The molecule has 1 aliphatic rings. The minimum Gasteiger partial charge on any atom is -0.294 e. The van der Waals surface area contributed by atoms with Gasteiger partial charge in [-0.2, -0.15) is 0 Å². The number of nitrogens with zero attached hydrogens (tertiary/aromatic N) is 5. The molecular formula is C16H15N5O4S. The number of Topliss-reactive ketones (excluding diaryl/α,β-unsaturated/α-hetero) is 1. The van der Waals surface area contributed by atoms with E-state index in [0.717, 1.165) is 11.8 Å². The average molecular weight is 373 g/mol. The Hall–Kier alpha value is -3.01. The van der Waals surface area contributed by atoms with Gasteiger partial charge in [0.1, 0.15) is 0 Å². The fourth-order valence-electron chi connectivity index (χ4n) is 2.65. The lowest BCUT2D eigenvalue weighted by atomic mass is 10.1. The van der Waals surface area contributed by atoms with E-state index in [2.05, 4.69) is 10.2 Å². The van der Waals surface area contributed by atoms with E-state index in [0.29, 0.717) is 33.6 Å². The number of nitro groups is 1. The Labute approximate surface area is 152 Å². The topological polar surface area (TPSA) is 111 Å². The Morgan fingerprint density at radius 2 is 1.85 bits per heavy atom. The number of rotatable bonds is 4. The molecule has 0 N–H and O–H groups in total. The number of fused-ring (bicyclic) bond motifs is 1. The minimum atomic E-state index is -0.504. The number of hydrogen-bond acceptors (Lipinski definition) is 7. The summed E-state index contributed by atoms with van der Waals surface area (Å²) < 4.78 is 1.58. The highest BCUT2D eigenvalue weighted by Crippen LogP contribution is 2.40. The van der Waals surface area contributed by atoms with Crippen molar-refractivity contribution in [3.8, 4) is 0 Å². The van der Waals surface area contributed by atoms with Crippen LogP contribution in [0.5, 0.6) is 0 Å². The van der Waals surface area contributed by atoms with E-state index >= 15 is 0 Å². The zero-order valence-electron chi connectivity index (χ0n) is 14.3. The van der Waals surface area contributed by atoms with Gasteiger partial charge in [0.05, 0.1) is 15.5 Å². The van der Waals surface area contributed by atoms with E-state index in [9.17, 15) is 19.7 Å². The molecule has 0 saturated carbocycles. The highest BCUT2D eigenvalue weighted by molar-refractivity contribution is 8.04. The first-order valence-electron chi connectivity index (χ1n) is 7.78. The predicted octanol–water partition coefficient (Wildman–Crippen LogP) is 2.30. The van der Waals surface area contributed by atoms with Gasteiger partial charge in [-0.15, -0.1) is 10.2 Å². The third kappa shape index (κ3) is 2.88. The number of aryl methyl sites for hydroxylation is 1. The van der Waals surface area contributed by atoms with Crippen molar-refractivity contribution in [3.05, 3.63) is 50.7 Å². The molecular weight excluding hydrogens is 358 g/mol. The first-order valence-corrected chi connectivity index (χ1v) is 8.60. The monoisotopic (exact) mass is 373 g/mol. The SMILES string of the molecule is CCc1nnc2n1N(C(C)=O)C(c1ccc([N+](=O)[O-])cc1)=C(C(C)=O)S2. The molecule has 2 heterocycles. The summed E-state index contributed by atoms with van der Waals surface area (Å²) in [6.07, 6.45) is 0.542. The Balaban J connectivity index is 2.24. The maximum Gasteiger partial charge on any atom is 0.269 e. The third-order valence-corrected chi connectivity index (χ3v) is 4.90. The van der Waals surface area contributed by atoms with Crippen molar-refractivity contribution in [2.75, 3.05) is 5.01 Å². The van der Waals surface area contributed by atoms with E-state index in [1.54, 1.807) is 4.68 Å². The predicted molar refractivity (Wildman–Crippen MR) is 94.9 cm³/mol. The van der Waals surface area contributed by atoms with Gasteiger partial charge in [0, 0.05) is 31.0 Å². The highest BCUT2D eigenvalue weighted by Gasteiger charge is 2.34. The molecule has 0 saturated heterocycles. The van der Waals surface area contributed by atoms with Crippen LogP contribution in [0.1, 0.15) is 32.2 Å². The summed E-state index contributed by atoms with van der Waals surface area (Å²) in [6, 6.07) is 5.72. The molecule has 3 rings (SSSR count). The summed E-state index contributed by atoms with van der Waals surface area (Å²) in [5.74, 6) is 0.0137. The van der Waals surface area contributed by atoms with Crippen molar-refractivity contribution in [1.82, 2.24) is 14.9 Å². The van der Waals surface area contributed by atoms with Gasteiger partial charge in [-0.1, -0.05) is 6.92 Å². The number of nitro benzene ring substituents is 1. The number of aromatic nitrogens is 3. The molecule has 1 aromatic heterocycles. The number of allylic oxidation sites excluding steroid dienone is 1. The lowest BCUT2D eigenvalue weighted by Crippen LogP contribution is -2.41. The zero-order valence-corrected chi connectivity index (χ0v) is 15.1. The quantitative estimate of drug-likeness (QED) is 0.597. The van der Waals surface area contributed by atoms with Gasteiger partial charge in [0.15, 0.2) is 11.6 Å². The normalized spacial score (nSPS) is 13.6. The first-order chi connectivity index (χ1) is 12.3. The second kappa shape index (κ2) is 6.71. The van der Waals surface area contributed by atoms with Crippen LogP contribution in [-0.2, 0) is 16.0 Å². The van der Waals surface area contributed by atoms with Gasteiger partial charge in [-0.05, 0) is 30.8 Å². The van der Waals surface area contributed by atoms with Crippen LogP contribution in [0.2, 0.25) is 0 Å². The summed E-state index contributed by atoms with van der Waals surface area (Å²) in [5.41, 5.74) is 0.813. The van der Waals surface area contributed by atoms with E-state index in [1.807, 2.05) is 6.92 Å².